The van der Waals surface area contributed by atoms with Crippen molar-refractivity contribution in [3.8, 4) is 0 Å². The van der Waals surface area contributed by atoms with Gasteiger partial charge in [-0.3, -0.25) is 14.3 Å². The lowest BCUT2D eigenvalue weighted by atomic mass is 9.80. The number of carbonyl (C=O) groups excluding carboxylic acids is 2. The molecule has 118 valence electrons. The molecule has 1 N–H and O–H groups in total. The Kier molecular flexibility index (Phi) is 5.52. The van der Waals surface area contributed by atoms with Crippen LogP contribution in [-0.4, -0.2) is 28.3 Å². The Labute approximate surface area is 125 Å². The van der Waals surface area contributed by atoms with Gasteiger partial charge in [0.15, 0.2) is 0 Å². The number of aromatic nitrogens is 2. The number of carbonyl (C=O) groups is 2. The number of esters is 1. The maximum atomic E-state index is 12.4. The van der Waals surface area contributed by atoms with E-state index in [1.807, 2.05) is 40.9 Å². The van der Waals surface area contributed by atoms with E-state index in [0.29, 0.717) is 6.54 Å². The van der Waals surface area contributed by atoms with Crippen molar-refractivity contribution in [3.63, 3.8) is 0 Å². The molecule has 21 heavy (non-hydrogen) atoms. The molecule has 1 heterocycles. The molecule has 0 saturated carbocycles. The van der Waals surface area contributed by atoms with Crippen molar-refractivity contribution in [2.45, 2.75) is 41.2 Å². The fourth-order valence-corrected chi connectivity index (χ4v) is 2.19. The molecule has 1 aromatic heterocycles. The van der Waals surface area contributed by atoms with Crippen molar-refractivity contribution in [1.82, 2.24) is 15.1 Å². The second-order valence-corrected chi connectivity index (χ2v) is 6.18. The summed E-state index contributed by atoms with van der Waals surface area (Å²) in [6, 6.07) is 0. The van der Waals surface area contributed by atoms with E-state index in [4.69, 9.17) is 4.74 Å². The molecular weight excluding hydrogens is 270 g/mol. The van der Waals surface area contributed by atoms with Crippen LogP contribution in [0, 0.1) is 18.3 Å². The monoisotopic (exact) mass is 295 g/mol. The summed E-state index contributed by atoms with van der Waals surface area (Å²) in [5.74, 6) is -1.62. The topological polar surface area (TPSA) is 73.2 Å². The van der Waals surface area contributed by atoms with Crippen molar-refractivity contribution in [2.75, 3.05) is 6.61 Å². The van der Waals surface area contributed by atoms with Gasteiger partial charge in [-0.1, -0.05) is 20.8 Å². The molecule has 6 heteroatoms. The molecule has 1 amide bonds. The maximum absolute atomic E-state index is 12.4. The number of hydrogen-bond donors (Lipinski definition) is 1. The highest BCUT2D eigenvalue weighted by Gasteiger charge is 2.38. The van der Waals surface area contributed by atoms with Crippen LogP contribution in [0.5, 0.6) is 0 Å². The third kappa shape index (κ3) is 4.58. The second-order valence-electron chi connectivity index (χ2n) is 6.18. The number of amides is 1. The van der Waals surface area contributed by atoms with Gasteiger partial charge >= 0.3 is 5.97 Å². The number of hydrogen-bond acceptors (Lipinski definition) is 4. The Morgan fingerprint density at radius 3 is 2.48 bits per heavy atom. The van der Waals surface area contributed by atoms with E-state index >= 15 is 0 Å². The van der Waals surface area contributed by atoms with Crippen molar-refractivity contribution in [1.29, 1.82) is 0 Å². The van der Waals surface area contributed by atoms with Crippen LogP contribution in [0.15, 0.2) is 6.20 Å². The normalized spacial score (nSPS) is 12.9. The molecule has 0 aliphatic carbocycles. The summed E-state index contributed by atoms with van der Waals surface area (Å²) in [6.45, 7) is 9.78. The maximum Gasteiger partial charge on any atom is 0.319 e. The van der Waals surface area contributed by atoms with Gasteiger partial charge in [0.2, 0.25) is 5.91 Å². The number of aryl methyl sites for hydroxylation is 2. The molecule has 1 aromatic rings. The van der Waals surface area contributed by atoms with Gasteiger partial charge in [0.25, 0.3) is 0 Å². The minimum atomic E-state index is -0.825. The summed E-state index contributed by atoms with van der Waals surface area (Å²) in [7, 11) is 1.83. The van der Waals surface area contributed by atoms with E-state index in [2.05, 4.69) is 10.4 Å². The van der Waals surface area contributed by atoms with Crippen LogP contribution in [0.3, 0.4) is 0 Å². The van der Waals surface area contributed by atoms with Crippen LogP contribution in [0.4, 0.5) is 0 Å². The third-order valence-electron chi connectivity index (χ3n) is 3.22. The fourth-order valence-electron chi connectivity index (χ4n) is 2.19. The lowest BCUT2D eigenvalue weighted by molar-refractivity contribution is -0.156. The minimum Gasteiger partial charge on any atom is -0.465 e. The summed E-state index contributed by atoms with van der Waals surface area (Å²) in [4.78, 5) is 24.4. The van der Waals surface area contributed by atoms with Crippen molar-refractivity contribution < 1.29 is 14.3 Å². The average Bonchev–Trinajstić information content (AvgIpc) is 2.64. The van der Waals surface area contributed by atoms with Crippen LogP contribution in [0.1, 0.15) is 39.0 Å². The van der Waals surface area contributed by atoms with Gasteiger partial charge in [-0.2, -0.15) is 5.10 Å². The largest absolute Gasteiger partial charge is 0.465 e. The Bertz CT molecular complexity index is 515. The molecule has 0 saturated heterocycles. The first kappa shape index (κ1) is 17.2. The Hall–Kier alpha value is -1.85. The molecule has 0 bridgehead atoms. The number of nitrogens with zero attached hydrogens (tertiary/aromatic N) is 2. The summed E-state index contributed by atoms with van der Waals surface area (Å²) in [5, 5.41) is 7.03. The highest BCUT2D eigenvalue weighted by molar-refractivity contribution is 5.98. The first-order valence-corrected chi connectivity index (χ1v) is 7.10. The van der Waals surface area contributed by atoms with Crippen molar-refractivity contribution in [2.24, 2.45) is 18.4 Å². The third-order valence-corrected chi connectivity index (χ3v) is 3.22. The van der Waals surface area contributed by atoms with Gasteiger partial charge in [-0.05, 0) is 19.3 Å². The van der Waals surface area contributed by atoms with E-state index in [1.54, 1.807) is 11.6 Å². The van der Waals surface area contributed by atoms with Crippen molar-refractivity contribution in [3.05, 3.63) is 17.5 Å². The van der Waals surface area contributed by atoms with Gasteiger partial charge in [0.1, 0.15) is 5.92 Å². The van der Waals surface area contributed by atoms with E-state index in [9.17, 15) is 9.59 Å². The number of nitrogens with one attached hydrogen (secondary N) is 1. The predicted molar refractivity (Wildman–Crippen MR) is 79.4 cm³/mol. The van der Waals surface area contributed by atoms with Crippen molar-refractivity contribution >= 4 is 11.9 Å². The average molecular weight is 295 g/mol. The molecule has 1 atom stereocenters. The Morgan fingerprint density at radius 1 is 1.43 bits per heavy atom. The zero-order valence-electron chi connectivity index (χ0n) is 13.7. The fraction of sp³-hybridized carbons (Fsp3) is 0.667. The summed E-state index contributed by atoms with van der Waals surface area (Å²) >= 11 is 0. The van der Waals surface area contributed by atoms with Gasteiger partial charge in [0, 0.05) is 25.4 Å². The van der Waals surface area contributed by atoms with E-state index < -0.39 is 17.3 Å². The first-order chi connectivity index (χ1) is 9.66. The minimum absolute atomic E-state index is 0.264. The second kappa shape index (κ2) is 6.74. The van der Waals surface area contributed by atoms with Crippen LogP contribution in [0.25, 0.3) is 0 Å². The molecular formula is C15H25N3O3. The molecule has 0 spiro atoms. The first-order valence-electron chi connectivity index (χ1n) is 7.10. The molecule has 6 nitrogen and oxygen atoms in total. The molecule has 0 fully saturated rings. The smallest absolute Gasteiger partial charge is 0.319 e. The molecule has 0 aliphatic rings. The van der Waals surface area contributed by atoms with E-state index in [-0.39, 0.29) is 12.5 Å². The van der Waals surface area contributed by atoms with Crippen LogP contribution >= 0.6 is 0 Å². The van der Waals surface area contributed by atoms with Crippen LogP contribution in [-0.2, 0) is 27.9 Å². The zero-order valence-corrected chi connectivity index (χ0v) is 13.7. The molecule has 1 unspecified atom stereocenters. The quantitative estimate of drug-likeness (QED) is 0.661. The zero-order chi connectivity index (χ0) is 16.2. The Balaban J connectivity index is 2.78. The molecule has 1 rings (SSSR count). The number of ether oxygens (including phenoxy) is 1. The summed E-state index contributed by atoms with van der Waals surface area (Å²) in [5.41, 5.74) is 1.30. The van der Waals surface area contributed by atoms with E-state index in [1.165, 1.54) is 0 Å². The molecule has 0 aromatic carbocycles. The molecule has 0 radical (unpaired) electrons. The van der Waals surface area contributed by atoms with Crippen LogP contribution in [0.2, 0.25) is 0 Å². The summed E-state index contributed by atoms with van der Waals surface area (Å²) in [6.07, 6.45) is 1.85. The van der Waals surface area contributed by atoms with Gasteiger partial charge in [-0.25, -0.2) is 0 Å². The SMILES string of the molecule is CCOC(=O)C(C(=O)NCc1cn(C)nc1C)C(C)(C)C. The lowest BCUT2D eigenvalue weighted by Crippen LogP contribution is -2.43. The van der Waals surface area contributed by atoms with Crippen LogP contribution < -0.4 is 5.32 Å². The number of rotatable bonds is 5. The molecule has 0 aliphatic heterocycles. The van der Waals surface area contributed by atoms with Gasteiger partial charge in [-0.15, -0.1) is 0 Å². The standard InChI is InChI=1S/C15H25N3O3/c1-7-21-14(20)12(15(3,4)5)13(19)16-8-11-9-18(6)17-10(11)2/h9,12H,7-8H2,1-6H3,(H,16,19). The Morgan fingerprint density at radius 2 is 2.05 bits per heavy atom. The van der Waals surface area contributed by atoms with Gasteiger partial charge in [0.05, 0.1) is 12.3 Å². The highest BCUT2D eigenvalue weighted by Crippen LogP contribution is 2.27. The lowest BCUT2D eigenvalue weighted by Gasteiger charge is -2.27. The predicted octanol–water partition coefficient (Wildman–Crippen LogP) is 1.57. The summed E-state index contributed by atoms with van der Waals surface area (Å²) < 4.78 is 6.71. The highest BCUT2D eigenvalue weighted by atomic mass is 16.5. The van der Waals surface area contributed by atoms with Gasteiger partial charge < -0.3 is 10.1 Å². The van der Waals surface area contributed by atoms with E-state index in [0.717, 1.165) is 11.3 Å².